The zero-order valence-electron chi connectivity index (χ0n) is 17.4. The molecule has 30 heavy (non-hydrogen) atoms. The summed E-state index contributed by atoms with van der Waals surface area (Å²) in [7, 11) is 0. The van der Waals surface area contributed by atoms with Crippen molar-refractivity contribution in [3.05, 3.63) is 48.0 Å². The summed E-state index contributed by atoms with van der Waals surface area (Å²) < 4.78 is 29.6. The van der Waals surface area contributed by atoms with Crippen molar-refractivity contribution in [2.75, 3.05) is 6.54 Å². The highest BCUT2D eigenvalue weighted by Gasteiger charge is 2.48. The van der Waals surface area contributed by atoms with E-state index in [2.05, 4.69) is 0 Å². The normalized spacial score (nSPS) is 19.8. The van der Waals surface area contributed by atoms with E-state index in [9.17, 15) is 23.5 Å². The van der Waals surface area contributed by atoms with Gasteiger partial charge < -0.3 is 15.1 Å². The van der Waals surface area contributed by atoms with Gasteiger partial charge in [0, 0.05) is 24.9 Å². The van der Waals surface area contributed by atoms with Crippen LogP contribution in [0.4, 0.5) is 8.78 Å². The molecule has 1 aliphatic rings. The average molecular weight is 424 g/mol. The molecular formula is C23H31F2NO4. The number of hydrogen-bond acceptors (Lipinski definition) is 3. The Kier molecular flexibility index (Phi) is 8.53. The summed E-state index contributed by atoms with van der Waals surface area (Å²) in [5, 5.41) is 19.2. The van der Waals surface area contributed by atoms with Crippen LogP contribution in [0, 0.1) is 0 Å². The van der Waals surface area contributed by atoms with Crippen molar-refractivity contribution in [1.29, 1.82) is 0 Å². The van der Waals surface area contributed by atoms with E-state index >= 15 is 0 Å². The molecule has 1 aliphatic heterocycles. The van der Waals surface area contributed by atoms with Crippen LogP contribution in [0.15, 0.2) is 42.5 Å². The molecule has 1 amide bonds. The molecule has 1 aromatic carbocycles. The van der Waals surface area contributed by atoms with Crippen molar-refractivity contribution in [2.24, 2.45) is 0 Å². The Morgan fingerprint density at radius 1 is 1.20 bits per heavy atom. The van der Waals surface area contributed by atoms with Crippen molar-refractivity contribution in [3.63, 3.8) is 0 Å². The van der Waals surface area contributed by atoms with Gasteiger partial charge >= 0.3 is 11.9 Å². The molecule has 0 spiro atoms. The molecule has 0 aliphatic carbocycles. The van der Waals surface area contributed by atoms with Crippen LogP contribution in [0.25, 0.3) is 0 Å². The number of amides is 1. The van der Waals surface area contributed by atoms with E-state index in [0.717, 1.165) is 32.3 Å². The molecular weight excluding hydrogens is 392 g/mol. The summed E-state index contributed by atoms with van der Waals surface area (Å²) in [5.74, 6) is -4.31. The molecule has 166 valence electrons. The van der Waals surface area contributed by atoms with Gasteiger partial charge in [-0.05, 0) is 38.7 Å². The van der Waals surface area contributed by atoms with E-state index in [4.69, 9.17) is 5.11 Å². The van der Waals surface area contributed by atoms with Crippen LogP contribution < -0.4 is 0 Å². The van der Waals surface area contributed by atoms with Gasteiger partial charge in [-0.25, -0.2) is 0 Å². The number of carboxylic acid groups (broad SMARTS) is 1. The van der Waals surface area contributed by atoms with E-state index < -0.39 is 17.5 Å². The molecule has 0 saturated carbocycles. The number of alkyl halides is 2. The first-order chi connectivity index (χ1) is 14.1. The van der Waals surface area contributed by atoms with E-state index in [-0.39, 0.29) is 23.9 Å². The van der Waals surface area contributed by atoms with Crippen molar-refractivity contribution in [1.82, 2.24) is 4.90 Å². The summed E-state index contributed by atoms with van der Waals surface area (Å²) in [6, 6.07) is 6.87. The van der Waals surface area contributed by atoms with Crippen LogP contribution in [0.3, 0.4) is 0 Å². The van der Waals surface area contributed by atoms with Gasteiger partial charge in [-0.2, -0.15) is 8.78 Å². The lowest BCUT2D eigenvalue weighted by atomic mass is 9.89. The maximum absolute atomic E-state index is 14.8. The Balaban J connectivity index is 1.99. The zero-order chi connectivity index (χ0) is 22.2. The van der Waals surface area contributed by atoms with E-state index in [1.165, 1.54) is 30.3 Å². The van der Waals surface area contributed by atoms with Gasteiger partial charge in [0.2, 0.25) is 5.91 Å². The summed E-state index contributed by atoms with van der Waals surface area (Å²) in [4.78, 5) is 24.6. The first-order valence-corrected chi connectivity index (χ1v) is 10.5. The van der Waals surface area contributed by atoms with Gasteiger partial charge in [-0.15, -0.1) is 0 Å². The van der Waals surface area contributed by atoms with Crippen molar-refractivity contribution in [2.45, 2.75) is 75.9 Å². The van der Waals surface area contributed by atoms with Crippen LogP contribution in [0.5, 0.6) is 0 Å². The topological polar surface area (TPSA) is 77.8 Å². The maximum Gasteiger partial charge on any atom is 0.304 e. The number of aliphatic hydroxyl groups is 1. The second-order valence-corrected chi connectivity index (χ2v) is 8.05. The summed E-state index contributed by atoms with van der Waals surface area (Å²) >= 11 is 0. The van der Waals surface area contributed by atoms with Gasteiger partial charge in [-0.3, -0.25) is 9.59 Å². The number of unbranched alkanes of at least 4 members (excludes halogenated alkanes) is 3. The molecule has 2 N–H and O–H groups in total. The maximum atomic E-state index is 14.8. The minimum Gasteiger partial charge on any atom is -0.481 e. The molecule has 2 rings (SSSR count). The van der Waals surface area contributed by atoms with Crippen LogP contribution in [-0.4, -0.2) is 45.2 Å². The second kappa shape index (κ2) is 10.7. The number of likely N-dealkylation sites (tertiary alicyclic amines) is 1. The fourth-order valence-corrected chi connectivity index (χ4v) is 3.69. The van der Waals surface area contributed by atoms with E-state index in [1.54, 1.807) is 11.0 Å². The van der Waals surface area contributed by atoms with Gasteiger partial charge in [0.1, 0.15) is 5.60 Å². The molecule has 0 radical (unpaired) electrons. The number of piperidine rings is 1. The third-order valence-corrected chi connectivity index (χ3v) is 5.57. The van der Waals surface area contributed by atoms with Crippen LogP contribution in [0.1, 0.15) is 63.9 Å². The Labute approximate surface area is 176 Å². The quantitative estimate of drug-likeness (QED) is 0.406. The number of carbonyl (C=O) groups is 2. The van der Waals surface area contributed by atoms with Crippen LogP contribution in [0.2, 0.25) is 0 Å². The van der Waals surface area contributed by atoms with Crippen LogP contribution in [-0.2, 0) is 15.5 Å². The van der Waals surface area contributed by atoms with Crippen molar-refractivity contribution >= 4 is 11.9 Å². The number of benzene rings is 1. The Hall–Kier alpha value is -2.28. The monoisotopic (exact) mass is 423 g/mol. The fraction of sp³-hybridized carbons (Fsp3) is 0.565. The zero-order valence-corrected chi connectivity index (χ0v) is 17.4. The van der Waals surface area contributed by atoms with E-state index in [1.807, 2.05) is 0 Å². The van der Waals surface area contributed by atoms with Gasteiger partial charge in [-0.1, -0.05) is 49.2 Å². The number of carboxylic acids is 1. The third kappa shape index (κ3) is 6.36. The molecule has 2 atom stereocenters. The standard InChI is InChI=1S/C23H31F2NO4/c1-22(30,23(24,25)18-10-5-4-6-11-18)16-15-19-12-9-13-20(27)26(19)17-8-3-2-7-14-21(28)29/h4-6,10-11,15-16,19,30H,2-3,7-9,12-14,17H2,1H3,(H,28,29). The second-order valence-electron chi connectivity index (χ2n) is 8.05. The smallest absolute Gasteiger partial charge is 0.304 e. The summed E-state index contributed by atoms with van der Waals surface area (Å²) in [6.07, 6.45) is 7.45. The lowest BCUT2D eigenvalue weighted by Crippen LogP contribution is -2.45. The lowest BCUT2D eigenvalue weighted by molar-refractivity contribution is -0.152. The van der Waals surface area contributed by atoms with Gasteiger partial charge in [0.25, 0.3) is 0 Å². The molecule has 2 unspecified atom stereocenters. The highest BCUT2D eigenvalue weighted by Crippen LogP contribution is 2.40. The molecule has 5 nitrogen and oxygen atoms in total. The lowest BCUT2D eigenvalue weighted by Gasteiger charge is -2.35. The van der Waals surface area contributed by atoms with E-state index in [0.29, 0.717) is 32.2 Å². The highest BCUT2D eigenvalue weighted by molar-refractivity contribution is 5.77. The molecule has 0 bridgehead atoms. The minimum absolute atomic E-state index is 0.0177. The number of carbonyl (C=O) groups excluding carboxylic acids is 1. The molecule has 1 saturated heterocycles. The SMILES string of the molecule is CC(O)(C=CC1CCCC(=O)N1CCCCCCC(=O)O)C(F)(F)c1ccccc1. The number of halogens is 2. The number of aliphatic carboxylic acids is 1. The van der Waals surface area contributed by atoms with Gasteiger partial charge in [0.15, 0.2) is 0 Å². The third-order valence-electron chi connectivity index (χ3n) is 5.57. The summed E-state index contributed by atoms with van der Waals surface area (Å²) in [5.41, 5.74) is -2.66. The Bertz CT molecular complexity index is 734. The number of nitrogens with zero attached hydrogens (tertiary/aromatic N) is 1. The number of hydrogen-bond donors (Lipinski definition) is 2. The molecule has 1 aromatic rings. The molecule has 7 heteroatoms. The van der Waals surface area contributed by atoms with Gasteiger partial charge in [0.05, 0.1) is 6.04 Å². The number of rotatable bonds is 11. The predicted molar refractivity (Wildman–Crippen MR) is 110 cm³/mol. The van der Waals surface area contributed by atoms with Crippen LogP contribution >= 0.6 is 0 Å². The molecule has 1 fully saturated rings. The largest absolute Gasteiger partial charge is 0.481 e. The highest BCUT2D eigenvalue weighted by atomic mass is 19.3. The molecule has 1 heterocycles. The van der Waals surface area contributed by atoms with Crippen molar-refractivity contribution in [3.8, 4) is 0 Å². The molecule has 0 aromatic heterocycles. The predicted octanol–water partition coefficient (Wildman–Crippen LogP) is 4.50. The average Bonchev–Trinajstić information content (AvgIpc) is 2.70. The fourth-order valence-electron chi connectivity index (χ4n) is 3.69. The first kappa shape index (κ1) is 24.0. The summed E-state index contributed by atoms with van der Waals surface area (Å²) in [6.45, 7) is 1.58. The Morgan fingerprint density at radius 3 is 2.53 bits per heavy atom. The first-order valence-electron chi connectivity index (χ1n) is 10.5. The Morgan fingerprint density at radius 2 is 1.87 bits per heavy atom. The van der Waals surface area contributed by atoms with Crippen molar-refractivity contribution < 1.29 is 28.6 Å². The minimum atomic E-state index is -3.47.